The number of benzene rings is 1. The summed E-state index contributed by atoms with van der Waals surface area (Å²) in [6, 6.07) is 10.2. The molecule has 1 aromatic carbocycles. The number of nitrogens with one attached hydrogen (secondary N) is 1. The van der Waals surface area contributed by atoms with Gasteiger partial charge in [-0.15, -0.1) is 0 Å². The van der Waals surface area contributed by atoms with Crippen LogP contribution in [0.25, 0.3) is 32.9 Å². The van der Waals surface area contributed by atoms with E-state index in [4.69, 9.17) is 0 Å². The van der Waals surface area contributed by atoms with Crippen molar-refractivity contribution in [3.05, 3.63) is 59.6 Å². The lowest BCUT2D eigenvalue weighted by Crippen LogP contribution is -1.82. The van der Waals surface area contributed by atoms with Crippen LogP contribution in [0.15, 0.2) is 59.6 Å². The van der Waals surface area contributed by atoms with Crippen molar-refractivity contribution in [2.24, 2.45) is 0 Å². The van der Waals surface area contributed by atoms with E-state index in [0.717, 1.165) is 37.4 Å². The van der Waals surface area contributed by atoms with Crippen LogP contribution in [0.4, 0.5) is 0 Å². The predicted molar refractivity (Wildman–Crippen MR) is 84.5 cm³/mol. The monoisotopic (exact) mass is 323 g/mol. The van der Waals surface area contributed by atoms with Crippen LogP contribution in [0.5, 0.6) is 0 Å². The summed E-state index contributed by atoms with van der Waals surface area (Å²) in [7, 11) is 0. The number of nitrogens with zero attached hydrogens (tertiary/aromatic N) is 2. The maximum atomic E-state index is 4.37. The topological polar surface area (TPSA) is 41.6 Å². The third-order valence-electron chi connectivity index (χ3n) is 3.47. The summed E-state index contributed by atoms with van der Waals surface area (Å²) in [5.74, 6) is 0. The number of fused-ring (bicyclic) bond motifs is 3. The van der Waals surface area contributed by atoms with E-state index in [9.17, 15) is 0 Å². The molecule has 0 bridgehead atoms. The second kappa shape index (κ2) is 4.42. The molecule has 1 N–H and O–H groups in total. The summed E-state index contributed by atoms with van der Waals surface area (Å²) in [6.07, 6.45) is 7.46. The summed E-state index contributed by atoms with van der Waals surface area (Å²) >= 11 is 3.46. The highest BCUT2D eigenvalue weighted by atomic mass is 79.9. The van der Waals surface area contributed by atoms with Crippen molar-refractivity contribution in [1.29, 1.82) is 0 Å². The number of hydrogen-bond donors (Lipinski definition) is 1. The molecule has 3 heterocycles. The highest BCUT2D eigenvalue weighted by Gasteiger charge is 2.09. The van der Waals surface area contributed by atoms with Gasteiger partial charge in [-0.3, -0.25) is 9.97 Å². The van der Waals surface area contributed by atoms with E-state index in [1.165, 1.54) is 0 Å². The molecule has 0 amide bonds. The Bertz CT molecular complexity index is 910. The highest BCUT2D eigenvalue weighted by Crippen LogP contribution is 2.32. The molecule has 4 rings (SSSR count). The van der Waals surface area contributed by atoms with Crippen molar-refractivity contribution >= 4 is 37.7 Å². The van der Waals surface area contributed by atoms with Crippen molar-refractivity contribution in [1.82, 2.24) is 15.0 Å². The number of H-pyrrole nitrogens is 1. The van der Waals surface area contributed by atoms with Gasteiger partial charge in [-0.1, -0.05) is 28.1 Å². The highest BCUT2D eigenvalue weighted by molar-refractivity contribution is 9.10. The van der Waals surface area contributed by atoms with Gasteiger partial charge in [0.1, 0.15) is 0 Å². The normalized spacial score (nSPS) is 11.2. The first-order valence-corrected chi connectivity index (χ1v) is 7.07. The molecule has 0 aliphatic heterocycles. The quantitative estimate of drug-likeness (QED) is 0.558. The number of hydrogen-bond acceptors (Lipinski definition) is 2. The average molecular weight is 324 g/mol. The van der Waals surface area contributed by atoms with E-state index in [1.807, 2.05) is 36.8 Å². The molecule has 0 aliphatic rings. The van der Waals surface area contributed by atoms with Crippen LogP contribution in [0.2, 0.25) is 0 Å². The zero-order chi connectivity index (χ0) is 13.5. The SMILES string of the molecule is Brc1ccc(-c2cncc3c2[nH]c2ccncc23)cc1. The Morgan fingerprint density at radius 3 is 2.50 bits per heavy atom. The fourth-order valence-electron chi connectivity index (χ4n) is 2.50. The van der Waals surface area contributed by atoms with Crippen LogP contribution in [0.1, 0.15) is 0 Å². The second-order valence-electron chi connectivity index (χ2n) is 4.66. The zero-order valence-corrected chi connectivity index (χ0v) is 12.1. The summed E-state index contributed by atoms with van der Waals surface area (Å²) < 4.78 is 1.07. The standard InChI is InChI=1S/C16H10BrN3/c17-11-3-1-10(2-4-11)12-7-19-9-14-13-8-18-6-5-15(13)20-16(12)14/h1-9,20H. The van der Waals surface area contributed by atoms with E-state index in [1.54, 1.807) is 6.20 Å². The molecule has 4 heteroatoms. The Labute approximate surface area is 123 Å². The summed E-state index contributed by atoms with van der Waals surface area (Å²) in [6.45, 7) is 0. The van der Waals surface area contributed by atoms with Crippen LogP contribution in [0, 0.1) is 0 Å². The molecule has 0 aliphatic carbocycles. The molecule has 0 unspecified atom stereocenters. The smallest absolute Gasteiger partial charge is 0.0576 e. The van der Waals surface area contributed by atoms with Gasteiger partial charge in [0.15, 0.2) is 0 Å². The third kappa shape index (κ3) is 1.72. The number of rotatable bonds is 1. The maximum absolute atomic E-state index is 4.37. The number of pyridine rings is 2. The van der Waals surface area contributed by atoms with E-state index >= 15 is 0 Å². The zero-order valence-electron chi connectivity index (χ0n) is 10.5. The lowest BCUT2D eigenvalue weighted by atomic mass is 10.1. The molecule has 4 aromatic rings. The molecule has 96 valence electrons. The molecule has 20 heavy (non-hydrogen) atoms. The minimum absolute atomic E-state index is 1.07. The van der Waals surface area contributed by atoms with Gasteiger partial charge in [-0.2, -0.15) is 0 Å². The van der Waals surface area contributed by atoms with E-state index < -0.39 is 0 Å². The van der Waals surface area contributed by atoms with Gasteiger partial charge in [0.05, 0.1) is 5.52 Å². The van der Waals surface area contributed by atoms with Gasteiger partial charge < -0.3 is 4.98 Å². The Morgan fingerprint density at radius 2 is 1.65 bits per heavy atom. The first-order valence-electron chi connectivity index (χ1n) is 6.28. The molecule has 0 spiro atoms. The Kier molecular flexibility index (Phi) is 2.57. The van der Waals surface area contributed by atoms with Crippen molar-refractivity contribution in [3.8, 4) is 11.1 Å². The number of halogens is 1. The molecular weight excluding hydrogens is 314 g/mol. The largest absolute Gasteiger partial charge is 0.354 e. The fraction of sp³-hybridized carbons (Fsp3) is 0. The summed E-state index contributed by atoms with van der Waals surface area (Å²) in [4.78, 5) is 12.0. The fourth-order valence-corrected chi connectivity index (χ4v) is 2.76. The minimum atomic E-state index is 1.07. The molecular formula is C16H10BrN3. The van der Waals surface area contributed by atoms with Crippen molar-refractivity contribution in [3.63, 3.8) is 0 Å². The summed E-state index contributed by atoms with van der Waals surface area (Å²) in [5.41, 5.74) is 4.43. The van der Waals surface area contributed by atoms with Crippen LogP contribution < -0.4 is 0 Å². The molecule has 3 nitrogen and oxygen atoms in total. The maximum Gasteiger partial charge on any atom is 0.0576 e. The Hall–Kier alpha value is -2.20. The average Bonchev–Trinajstić information content (AvgIpc) is 2.87. The van der Waals surface area contributed by atoms with Crippen molar-refractivity contribution < 1.29 is 0 Å². The minimum Gasteiger partial charge on any atom is -0.354 e. The first kappa shape index (κ1) is 11.6. The van der Waals surface area contributed by atoms with E-state index in [0.29, 0.717) is 0 Å². The second-order valence-corrected chi connectivity index (χ2v) is 5.58. The van der Waals surface area contributed by atoms with Crippen LogP contribution in [-0.4, -0.2) is 15.0 Å². The van der Waals surface area contributed by atoms with Crippen molar-refractivity contribution in [2.45, 2.75) is 0 Å². The molecule has 0 radical (unpaired) electrons. The van der Waals surface area contributed by atoms with Crippen LogP contribution >= 0.6 is 15.9 Å². The molecule has 0 saturated heterocycles. The lowest BCUT2D eigenvalue weighted by Gasteiger charge is -2.03. The Morgan fingerprint density at radius 1 is 0.850 bits per heavy atom. The van der Waals surface area contributed by atoms with E-state index in [2.05, 4.69) is 43.0 Å². The van der Waals surface area contributed by atoms with Gasteiger partial charge in [0.25, 0.3) is 0 Å². The summed E-state index contributed by atoms with van der Waals surface area (Å²) in [5, 5.41) is 2.21. The van der Waals surface area contributed by atoms with E-state index in [-0.39, 0.29) is 0 Å². The lowest BCUT2D eigenvalue weighted by molar-refractivity contribution is 1.36. The number of aromatic nitrogens is 3. The molecule has 0 fully saturated rings. The van der Waals surface area contributed by atoms with Gasteiger partial charge in [0.2, 0.25) is 0 Å². The molecule has 3 aromatic heterocycles. The van der Waals surface area contributed by atoms with Gasteiger partial charge >= 0.3 is 0 Å². The Balaban J connectivity index is 2.07. The molecule has 0 saturated carbocycles. The van der Waals surface area contributed by atoms with Crippen LogP contribution in [-0.2, 0) is 0 Å². The third-order valence-corrected chi connectivity index (χ3v) is 4.00. The van der Waals surface area contributed by atoms with Crippen LogP contribution in [0.3, 0.4) is 0 Å². The van der Waals surface area contributed by atoms with Gasteiger partial charge in [-0.25, -0.2) is 0 Å². The van der Waals surface area contributed by atoms with Gasteiger partial charge in [-0.05, 0) is 23.8 Å². The van der Waals surface area contributed by atoms with Crippen molar-refractivity contribution in [2.75, 3.05) is 0 Å². The molecule has 0 atom stereocenters. The predicted octanol–water partition coefficient (Wildman–Crippen LogP) is 4.54. The van der Waals surface area contributed by atoms with Gasteiger partial charge in [0, 0.05) is 51.1 Å². The number of aromatic amines is 1. The first-order chi connectivity index (χ1) is 9.83.